The van der Waals surface area contributed by atoms with Crippen LogP contribution >= 0.6 is 0 Å². The van der Waals surface area contributed by atoms with Gasteiger partial charge in [-0.15, -0.1) is 0 Å². The number of anilines is 2. The van der Waals surface area contributed by atoms with Gasteiger partial charge in [0, 0.05) is 29.6 Å². The van der Waals surface area contributed by atoms with Crippen molar-refractivity contribution in [2.45, 2.75) is 0 Å². The van der Waals surface area contributed by atoms with Crippen LogP contribution in [-0.2, 0) is 0 Å². The molecule has 4 N–H and O–H groups in total. The lowest BCUT2D eigenvalue weighted by Crippen LogP contribution is -1.96. The summed E-state index contributed by atoms with van der Waals surface area (Å²) >= 11 is 0. The van der Waals surface area contributed by atoms with E-state index in [1.807, 2.05) is 0 Å². The van der Waals surface area contributed by atoms with E-state index in [0.29, 0.717) is 45.3 Å². The number of fused-ring (bicyclic) bond motifs is 1. The Morgan fingerprint density at radius 1 is 0.667 bits per heavy atom. The van der Waals surface area contributed by atoms with Crippen molar-refractivity contribution >= 4 is 22.3 Å². The third-order valence-electron chi connectivity index (χ3n) is 3.90. The molecule has 27 heavy (non-hydrogen) atoms. The van der Waals surface area contributed by atoms with E-state index in [1.54, 1.807) is 66.7 Å². The van der Waals surface area contributed by atoms with Crippen LogP contribution < -0.4 is 26.6 Å². The molecule has 6 heteroatoms. The Hall–Kier alpha value is -3.93. The standard InChI is InChI=1S/C21H16N2O4/c22-13-1-5-15(6-2-13)25-17-11-19(26-16-7-3-14(23)4-8-16)18-9-10-21(24)27-20(18)12-17/h1-12H,22-23H2. The molecule has 0 aliphatic rings. The monoisotopic (exact) mass is 360 g/mol. The molecule has 4 rings (SSSR count). The Labute approximate surface area is 154 Å². The predicted octanol–water partition coefficient (Wildman–Crippen LogP) is 4.54. The smallest absolute Gasteiger partial charge is 0.336 e. The molecule has 0 radical (unpaired) electrons. The molecule has 134 valence electrons. The predicted molar refractivity (Wildman–Crippen MR) is 104 cm³/mol. The van der Waals surface area contributed by atoms with E-state index < -0.39 is 5.63 Å². The lowest BCUT2D eigenvalue weighted by molar-refractivity contribution is 0.460. The highest BCUT2D eigenvalue weighted by molar-refractivity contribution is 5.85. The van der Waals surface area contributed by atoms with Crippen LogP contribution in [-0.4, -0.2) is 0 Å². The lowest BCUT2D eigenvalue weighted by atomic mass is 10.2. The van der Waals surface area contributed by atoms with Crippen molar-refractivity contribution < 1.29 is 13.9 Å². The SMILES string of the molecule is Nc1ccc(Oc2cc(Oc3ccc(N)cc3)c3ccc(=O)oc3c2)cc1. The minimum atomic E-state index is -0.453. The van der Waals surface area contributed by atoms with E-state index in [-0.39, 0.29) is 0 Å². The van der Waals surface area contributed by atoms with Crippen molar-refractivity contribution in [1.29, 1.82) is 0 Å². The molecule has 0 fully saturated rings. The summed E-state index contributed by atoms with van der Waals surface area (Å²) in [6, 6.07) is 20.4. The maximum Gasteiger partial charge on any atom is 0.336 e. The number of ether oxygens (including phenoxy) is 2. The lowest BCUT2D eigenvalue weighted by Gasteiger charge is -2.12. The minimum absolute atomic E-state index is 0.362. The first kappa shape index (κ1) is 16.5. The molecule has 3 aromatic carbocycles. The van der Waals surface area contributed by atoms with Gasteiger partial charge >= 0.3 is 5.63 Å². The Balaban J connectivity index is 1.76. The molecular weight excluding hydrogens is 344 g/mol. The summed E-state index contributed by atoms with van der Waals surface area (Å²) in [5, 5.41) is 0.649. The molecule has 0 aliphatic heterocycles. The van der Waals surface area contributed by atoms with Crippen LogP contribution in [0.5, 0.6) is 23.0 Å². The third kappa shape index (κ3) is 3.69. The summed E-state index contributed by atoms with van der Waals surface area (Å²) in [6.45, 7) is 0. The fraction of sp³-hybridized carbons (Fsp3) is 0. The summed E-state index contributed by atoms with van der Waals surface area (Å²) in [4.78, 5) is 11.6. The van der Waals surface area contributed by atoms with Crippen LogP contribution in [0.15, 0.2) is 82.0 Å². The molecule has 0 aliphatic carbocycles. The highest BCUT2D eigenvalue weighted by Gasteiger charge is 2.11. The molecular formula is C21H16N2O4. The van der Waals surface area contributed by atoms with Crippen molar-refractivity contribution in [1.82, 2.24) is 0 Å². The molecule has 0 bridgehead atoms. The first-order chi connectivity index (χ1) is 13.1. The zero-order valence-electron chi connectivity index (χ0n) is 14.2. The van der Waals surface area contributed by atoms with Crippen LogP contribution in [0.1, 0.15) is 0 Å². The first-order valence-electron chi connectivity index (χ1n) is 8.21. The summed E-state index contributed by atoms with van der Waals surface area (Å²) in [5.41, 5.74) is 12.6. The normalized spacial score (nSPS) is 10.7. The van der Waals surface area contributed by atoms with Crippen molar-refractivity contribution in [3.8, 4) is 23.0 Å². The molecule has 0 unspecified atom stereocenters. The van der Waals surface area contributed by atoms with Gasteiger partial charge in [0.25, 0.3) is 0 Å². The van der Waals surface area contributed by atoms with Gasteiger partial charge in [0.1, 0.15) is 28.6 Å². The third-order valence-corrected chi connectivity index (χ3v) is 3.90. The number of nitrogen functional groups attached to an aromatic ring is 2. The average molecular weight is 360 g/mol. The highest BCUT2D eigenvalue weighted by Crippen LogP contribution is 2.35. The quantitative estimate of drug-likeness (QED) is 0.409. The Morgan fingerprint density at radius 3 is 1.89 bits per heavy atom. The summed E-state index contributed by atoms with van der Waals surface area (Å²) in [5.74, 6) is 2.15. The fourth-order valence-electron chi connectivity index (χ4n) is 2.60. The number of rotatable bonds is 4. The summed E-state index contributed by atoms with van der Waals surface area (Å²) in [6.07, 6.45) is 0. The van der Waals surface area contributed by atoms with Crippen molar-refractivity contribution in [2.24, 2.45) is 0 Å². The second-order valence-electron chi connectivity index (χ2n) is 5.93. The summed E-state index contributed by atoms with van der Waals surface area (Å²) < 4.78 is 17.1. The minimum Gasteiger partial charge on any atom is -0.457 e. The molecule has 4 aromatic rings. The maximum atomic E-state index is 11.6. The van der Waals surface area contributed by atoms with Gasteiger partial charge in [-0.25, -0.2) is 4.79 Å². The second-order valence-corrected chi connectivity index (χ2v) is 5.93. The topological polar surface area (TPSA) is 101 Å². The van der Waals surface area contributed by atoms with Crippen molar-refractivity contribution in [2.75, 3.05) is 11.5 Å². The number of hydrogen-bond donors (Lipinski definition) is 2. The Bertz CT molecular complexity index is 1150. The molecule has 0 amide bonds. The van der Waals surface area contributed by atoms with Gasteiger partial charge in [-0.05, 0) is 54.6 Å². The van der Waals surface area contributed by atoms with Crippen LogP contribution in [0, 0.1) is 0 Å². The van der Waals surface area contributed by atoms with Crippen LogP contribution in [0.2, 0.25) is 0 Å². The number of hydrogen-bond acceptors (Lipinski definition) is 6. The molecule has 0 saturated heterocycles. The molecule has 0 atom stereocenters. The van der Waals surface area contributed by atoms with Crippen molar-refractivity contribution in [3.05, 3.63) is 83.2 Å². The van der Waals surface area contributed by atoms with Gasteiger partial charge in [0.2, 0.25) is 0 Å². The molecule has 0 spiro atoms. The first-order valence-corrected chi connectivity index (χ1v) is 8.21. The number of benzene rings is 3. The molecule has 0 saturated carbocycles. The largest absolute Gasteiger partial charge is 0.457 e. The van der Waals surface area contributed by atoms with Crippen molar-refractivity contribution in [3.63, 3.8) is 0 Å². The average Bonchev–Trinajstić information content (AvgIpc) is 2.65. The fourth-order valence-corrected chi connectivity index (χ4v) is 2.60. The number of nitrogens with two attached hydrogens (primary N) is 2. The molecule has 1 aromatic heterocycles. The van der Waals surface area contributed by atoms with Gasteiger partial charge in [-0.2, -0.15) is 0 Å². The zero-order chi connectivity index (χ0) is 18.8. The highest BCUT2D eigenvalue weighted by atomic mass is 16.5. The van der Waals surface area contributed by atoms with E-state index in [0.717, 1.165) is 0 Å². The van der Waals surface area contributed by atoms with E-state index in [1.165, 1.54) is 6.07 Å². The zero-order valence-corrected chi connectivity index (χ0v) is 14.2. The van der Waals surface area contributed by atoms with E-state index >= 15 is 0 Å². The van der Waals surface area contributed by atoms with Crippen LogP contribution in [0.4, 0.5) is 11.4 Å². The maximum absolute atomic E-state index is 11.6. The van der Waals surface area contributed by atoms with Gasteiger partial charge in [0.15, 0.2) is 0 Å². The van der Waals surface area contributed by atoms with Gasteiger partial charge in [-0.1, -0.05) is 0 Å². The Kier molecular flexibility index (Phi) is 4.14. The second kappa shape index (κ2) is 6.76. The molecule has 1 heterocycles. The van der Waals surface area contributed by atoms with Crippen LogP contribution in [0.3, 0.4) is 0 Å². The van der Waals surface area contributed by atoms with Gasteiger partial charge in [0.05, 0.1) is 5.39 Å². The van der Waals surface area contributed by atoms with E-state index in [4.69, 9.17) is 25.4 Å². The summed E-state index contributed by atoms with van der Waals surface area (Å²) in [7, 11) is 0. The van der Waals surface area contributed by atoms with E-state index in [2.05, 4.69) is 0 Å². The van der Waals surface area contributed by atoms with Crippen LogP contribution in [0.25, 0.3) is 11.0 Å². The van der Waals surface area contributed by atoms with Gasteiger partial charge in [-0.3, -0.25) is 0 Å². The van der Waals surface area contributed by atoms with E-state index in [9.17, 15) is 4.79 Å². The van der Waals surface area contributed by atoms with Gasteiger partial charge < -0.3 is 25.4 Å². The Morgan fingerprint density at radius 2 is 1.26 bits per heavy atom. The molecule has 6 nitrogen and oxygen atoms in total.